The van der Waals surface area contributed by atoms with E-state index < -0.39 is 0 Å². The Balaban J connectivity index is 1.92. The fraction of sp³-hybridized carbons (Fsp3) is 0.0769. The van der Waals surface area contributed by atoms with Crippen molar-refractivity contribution < 1.29 is 9.32 Å². The molecule has 3 aromatic rings. The summed E-state index contributed by atoms with van der Waals surface area (Å²) in [7, 11) is 0. The van der Waals surface area contributed by atoms with Crippen LogP contribution in [-0.2, 0) is 0 Å². The molecule has 90 valence electrons. The number of hydrogen-bond donors (Lipinski definition) is 2. The first-order valence-corrected chi connectivity index (χ1v) is 5.55. The first kappa shape index (κ1) is 10.6. The zero-order valence-corrected chi connectivity index (χ0v) is 9.73. The summed E-state index contributed by atoms with van der Waals surface area (Å²) in [5.41, 5.74) is 2.24. The van der Waals surface area contributed by atoms with Crippen LogP contribution in [0, 0.1) is 6.92 Å². The summed E-state index contributed by atoms with van der Waals surface area (Å²) in [5, 5.41) is 7.27. The van der Waals surface area contributed by atoms with E-state index in [0.717, 1.165) is 16.6 Å². The van der Waals surface area contributed by atoms with E-state index in [-0.39, 0.29) is 5.91 Å². The van der Waals surface area contributed by atoms with Gasteiger partial charge in [-0.15, -0.1) is 0 Å². The third-order valence-electron chi connectivity index (χ3n) is 2.70. The van der Waals surface area contributed by atoms with Crippen LogP contribution in [0.5, 0.6) is 0 Å². The minimum atomic E-state index is -0.219. The van der Waals surface area contributed by atoms with Gasteiger partial charge in [0.15, 0.2) is 0 Å². The first-order valence-electron chi connectivity index (χ1n) is 5.55. The maximum absolute atomic E-state index is 12.1. The van der Waals surface area contributed by atoms with Gasteiger partial charge in [0.25, 0.3) is 5.91 Å². The van der Waals surface area contributed by atoms with Gasteiger partial charge in [0.2, 0.25) is 5.88 Å². The van der Waals surface area contributed by atoms with Gasteiger partial charge in [-0.1, -0.05) is 23.4 Å². The molecule has 0 unspecified atom stereocenters. The van der Waals surface area contributed by atoms with E-state index >= 15 is 0 Å². The molecule has 5 heteroatoms. The third-order valence-corrected chi connectivity index (χ3v) is 2.70. The number of anilines is 1. The van der Waals surface area contributed by atoms with Gasteiger partial charge in [0.1, 0.15) is 0 Å². The number of para-hydroxylation sites is 1. The topological polar surface area (TPSA) is 70.9 Å². The van der Waals surface area contributed by atoms with Gasteiger partial charge in [-0.05, 0) is 13.0 Å². The van der Waals surface area contributed by atoms with E-state index in [1.54, 1.807) is 19.2 Å². The zero-order chi connectivity index (χ0) is 12.5. The molecule has 0 aliphatic heterocycles. The number of nitrogens with one attached hydrogen (secondary N) is 2. The normalized spacial score (nSPS) is 10.7. The number of amides is 1. The van der Waals surface area contributed by atoms with Crippen LogP contribution in [-0.4, -0.2) is 16.0 Å². The van der Waals surface area contributed by atoms with Crippen LogP contribution in [0.2, 0.25) is 0 Å². The highest BCUT2D eigenvalue weighted by Crippen LogP contribution is 2.19. The Morgan fingerprint density at radius 3 is 3.00 bits per heavy atom. The monoisotopic (exact) mass is 241 g/mol. The van der Waals surface area contributed by atoms with Gasteiger partial charge in [0, 0.05) is 23.2 Å². The van der Waals surface area contributed by atoms with E-state index in [1.807, 2.05) is 24.3 Å². The number of carbonyl (C=O) groups is 1. The van der Waals surface area contributed by atoms with Crippen molar-refractivity contribution in [3.63, 3.8) is 0 Å². The first-order chi connectivity index (χ1) is 8.74. The van der Waals surface area contributed by atoms with Gasteiger partial charge in [-0.3, -0.25) is 10.1 Å². The fourth-order valence-corrected chi connectivity index (χ4v) is 1.86. The Morgan fingerprint density at radius 1 is 1.39 bits per heavy atom. The summed E-state index contributed by atoms with van der Waals surface area (Å²) < 4.78 is 4.95. The summed E-state index contributed by atoms with van der Waals surface area (Å²) in [5.74, 6) is 0.131. The second-order valence-electron chi connectivity index (χ2n) is 4.03. The Hall–Kier alpha value is -2.56. The molecular formula is C13H11N3O2. The summed E-state index contributed by atoms with van der Waals surface area (Å²) in [6.07, 6.45) is 1.68. The van der Waals surface area contributed by atoms with Crippen LogP contribution in [0.1, 0.15) is 16.1 Å². The molecule has 5 nitrogen and oxygen atoms in total. The van der Waals surface area contributed by atoms with Crippen molar-refractivity contribution in [3.8, 4) is 0 Å². The number of carbonyl (C=O) groups excluding carboxylic acids is 1. The second-order valence-corrected chi connectivity index (χ2v) is 4.03. The molecule has 2 N–H and O–H groups in total. The Bertz CT molecular complexity index is 712. The van der Waals surface area contributed by atoms with Gasteiger partial charge in [0.05, 0.1) is 11.3 Å². The molecule has 1 aromatic carbocycles. The predicted molar refractivity (Wildman–Crippen MR) is 67.5 cm³/mol. The van der Waals surface area contributed by atoms with Gasteiger partial charge in [-0.2, -0.15) is 0 Å². The second kappa shape index (κ2) is 4.03. The molecule has 0 atom stereocenters. The van der Waals surface area contributed by atoms with Gasteiger partial charge < -0.3 is 9.51 Å². The molecule has 0 saturated carbocycles. The van der Waals surface area contributed by atoms with Crippen molar-refractivity contribution in [3.05, 3.63) is 47.8 Å². The lowest BCUT2D eigenvalue weighted by atomic mass is 10.1. The van der Waals surface area contributed by atoms with E-state index in [0.29, 0.717) is 11.4 Å². The number of H-pyrrole nitrogens is 1. The smallest absolute Gasteiger partial charge is 0.260 e. The average Bonchev–Trinajstić information content (AvgIpc) is 2.95. The highest BCUT2D eigenvalue weighted by atomic mass is 16.5. The molecule has 0 aliphatic carbocycles. The maximum atomic E-state index is 12.1. The average molecular weight is 241 g/mol. The summed E-state index contributed by atoms with van der Waals surface area (Å²) in [4.78, 5) is 15.1. The quantitative estimate of drug-likeness (QED) is 0.724. The SMILES string of the molecule is Cc1cc(NC(=O)c2c[nH]c3ccccc23)on1. The largest absolute Gasteiger partial charge is 0.360 e. The van der Waals surface area contributed by atoms with Gasteiger partial charge >= 0.3 is 0 Å². The van der Waals surface area contributed by atoms with Gasteiger partial charge in [-0.25, -0.2) is 0 Å². The molecular weight excluding hydrogens is 230 g/mol. The standard InChI is InChI=1S/C13H11N3O2/c1-8-6-12(18-16-8)15-13(17)10-7-14-11-5-3-2-4-9(10)11/h2-7,14H,1H3,(H,15,17). The summed E-state index contributed by atoms with van der Waals surface area (Å²) in [6, 6.07) is 9.30. The highest BCUT2D eigenvalue weighted by Gasteiger charge is 2.13. The van der Waals surface area contributed by atoms with E-state index in [9.17, 15) is 4.79 Å². The number of rotatable bonds is 2. The molecule has 0 aliphatic rings. The number of benzene rings is 1. The van der Waals surface area contributed by atoms with Crippen LogP contribution >= 0.6 is 0 Å². The van der Waals surface area contributed by atoms with Crippen molar-refractivity contribution in [2.45, 2.75) is 6.92 Å². The molecule has 1 amide bonds. The Morgan fingerprint density at radius 2 is 2.22 bits per heavy atom. The van der Waals surface area contributed by atoms with Crippen LogP contribution < -0.4 is 5.32 Å². The molecule has 0 spiro atoms. The number of nitrogens with zero attached hydrogens (tertiary/aromatic N) is 1. The van der Waals surface area contributed by atoms with Crippen molar-refractivity contribution in [1.82, 2.24) is 10.1 Å². The van der Waals surface area contributed by atoms with Crippen molar-refractivity contribution in [1.29, 1.82) is 0 Å². The molecule has 18 heavy (non-hydrogen) atoms. The van der Waals surface area contributed by atoms with Crippen LogP contribution in [0.15, 0.2) is 41.1 Å². The van der Waals surface area contributed by atoms with Crippen LogP contribution in [0.4, 0.5) is 5.88 Å². The Labute approximate surface area is 103 Å². The lowest BCUT2D eigenvalue weighted by Gasteiger charge is -1.98. The van der Waals surface area contributed by atoms with Crippen molar-refractivity contribution >= 4 is 22.7 Å². The fourth-order valence-electron chi connectivity index (χ4n) is 1.86. The molecule has 3 rings (SSSR count). The summed E-state index contributed by atoms with van der Waals surface area (Å²) >= 11 is 0. The maximum Gasteiger partial charge on any atom is 0.260 e. The van der Waals surface area contributed by atoms with Crippen molar-refractivity contribution in [2.75, 3.05) is 5.32 Å². The molecule has 0 radical (unpaired) electrons. The molecule has 0 bridgehead atoms. The number of fused-ring (bicyclic) bond motifs is 1. The van der Waals surface area contributed by atoms with Crippen molar-refractivity contribution in [2.24, 2.45) is 0 Å². The number of aromatic nitrogens is 2. The highest BCUT2D eigenvalue weighted by molar-refractivity contribution is 6.12. The Kier molecular flexibility index (Phi) is 2.37. The molecule has 2 aromatic heterocycles. The zero-order valence-electron chi connectivity index (χ0n) is 9.73. The lowest BCUT2D eigenvalue weighted by Crippen LogP contribution is -2.10. The third kappa shape index (κ3) is 1.75. The van der Waals surface area contributed by atoms with Crippen LogP contribution in [0.3, 0.4) is 0 Å². The number of aryl methyl sites for hydroxylation is 1. The van der Waals surface area contributed by atoms with E-state index in [1.165, 1.54) is 0 Å². The number of hydrogen-bond acceptors (Lipinski definition) is 3. The molecule has 0 saturated heterocycles. The van der Waals surface area contributed by atoms with Crippen LogP contribution in [0.25, 0.3) is 10.9 Å². The van der Waals surface area contributed by atoms with E-state index in [4.69, 9.17) is 4.52 Å². The minimum absolute atomic E-state index is 0.219. The number of aromatic amines is 1. The minimum Gasteiger partial charge on any atom is -0.360 e. The van der Waals surface area contributed by atoms with E-state index in [2.05, 4.69) is 15.5 Å². The molecule has 2 heterocycles. The predicted octanol–water partition coefficient (Wildman–Crippen LogP) is 2.72. The summed E-state index contributed by atoms with van der Waals surface area (Å²) in [6.45, 7) is 1.80. The lowest BCUT2D eigenvalue weighted by molar-refractivity contribution is 0.102. The molecule has 0 fully saturated rings.